The fourth-order valence-corrected chi connectivity index (χ4v) is 2.12. The van der Waals surface area contributed by atoms with Gasteiger partial charge in [0.25, 0.3) is 0 Å². The highest BCUT2D eigenvalue weighted by Crippen LogP contribution is 2.15. The van der Waals surface area contributed by atoms with Crippen LogP contribution in [-0.4, -0.2) is 29.8 Å². The molecular formula is C11H21NO. The second-order valence-electron chi connectivity index (χ2n) is 3.93. The van der Waals surface area contributed by atoms with Gasteiger partial charge in [0.1, 0.15) is 5.78 Å². The third-order valence-electron chi connectivity index (χ3n) is 2.97. The van der Waals surface area contributed by atoms with Gasteiger partial charge in [0.05, 0.1) is 0 Å². The highest BCUT2D eigenvalue weighted by Gasteiger charge is 2.21. The summed E-state index contributed by atoms with van der Waals surface area (Å²) in [6, 6.07) is 0.720. The number of carbonyl (C=O) groups is 1. The largest absolute Gasteiger partial charge is 0.300 e. The van der Waals surface area contributed by atoms with E-state index in [1.807, 2.05) is 0 Å². The quantitative estimate of drug-likeness (QED) is 0.666. The molecule has 1 saturated heterocycles. The van der Waals surface area contributed by atoms with E-state index in [9.17, 15) is 4.79 Å². The van der Waals surface area contributed by atoms with Gasteiger partial charge < -0.3 is 0 Å². The van der Waals surface area contributed by atoms with Crippen LogP contribution in [0.2, 0.25) is 0 Å². The summed E-state index contributed by atoms with van der Waals surface area (Å²) in [7, 11) is 0. The Morgan fingerprint density at radius 1 is 1.31 bits per heavy atom. The molecule has 1 unspecified atom stereocenters. The van der Waals surface area contributed by atoms with E-state index < -0.39 is 0 Å². The Kier molecular flexibility index (Phi) is 4.43. The first kappa shape index (κ1) is 10.7. The zero-order chi connectivity index (χ0) is 9.68. The Balaban J connectivity index is 2.36. The minimum absolute atomic E-state index is 0.447. The van der Waals surface area contributed by atoms with Crippen molar-refractivity contribution in [3.05, 3.63) is 0 Å². The average molecular weight is 183 g/mol. The molecule has 1 fully saturated rings. The second-order valence-corrected chi connectivity index (χ2v) is 3.93. The highest BCUT2D eigenvalue weighted by molar-refractivity contribution is 5.79. The number of piperidine rings is 1. The summed E-state index contributed by atoms with van der Waals surface area (Å²) in [4.78, 5) is 13.5. The van der Waals surface area contributed by atoms with E-state index in [0.717, 1.165) is 32.0 Å². The lowest BCUT2D eigenvalue weighted by Gasteiger charge is -2.33. The molecule has 0 amide bonds. The number of hydrogen-bond donors (Lipinski definition) is 0. The Bertz CT molecular complexity index is 157. The molecule has 0 N–H and O–H groups in total. The average Bonchev–Trinajstić information content (AvgIpc) is 2.16. The van der Waals surface area contributed by atoms with Gasteiger partial charge in [0.15, 0.2) is 0 Å². The number of Topliss-reactive ketones (excluding diaryl/α,β-unsaturated/α-hetero) is 1. The molecule has 2 nitrogen and oxygen atoms in total. The Labute approximate surface area is 81.3 Å². The Morgan fingerprint density at radius 3 is 2.38 bits per heavy atom. The molecule has 1 aliphatic rings. The summed E-state index contributed by atoms with van der Waals surface area (Å²) in [6.45, 7) is 6.48. The summed E-state index contributed by atoms with van der Waals surface area (Å²) in [5.74, 6) is 0.447. The van der Waals surface area contributed by atoms with Crippen molar-refractivity contribution < 1.29 is 4.79 Å². The Morgan fingerprint density at radius 2 is 1.92 bits per heavy atom. The Hall–Kier alpha value is -0.370. The zero-order valence-corrected chi connectivity index (χ0v) is 8.88. The lowest BCUT2D eigenvalue weighted by molar-refractivity contribution is -0.122. The molecule has 0 spiro atoms. The molecule has 1 atom stereocenters. The molecule has 0 radical (unpaired) electrons. The number of nitrogens with zero attached hydrogens (tertiary/aromatic N) is 1. The van der Waals surface area contributed by atoms with Crippen LogP contribution in [0.3, 0.4) is 0 Å². The van der Waals surface area contributed by atoms with Gasteiger partial charge in [-0.25, -0.2) is 0 Å². The van der Waals surface area contributed by atoms with Gasteiger partial charge in [0, 0.05) is 32.0 Å². The van der Waals surface area contributed by atoms with Crippen LogP contribution in [0.4, 0.5) is 0 Å². The summed E-state index contributed by atoms with van der Waals surface area (Å²) in [5.41, 5.74) is 0. The molecule has 0 aromatic rings. The monoisotopic (exact) mass is 183 g/mol. The molecule has 1 heterocycles. The molecule has 0 bridgehead atoms. The summed E-state index contributed by atoms with van der Waals surface area (Å²) in [6.07, 6.45) is 5.32. The third kappa shape index (κ3) is 3.11. The van der Waals surface area contributed by atoms with Crippen molar-refractivity contribution in [3.63, 3.8) is 0 Å². The number of likely N-dealkylation sites (tertiary alicyclic amines) is 1. The first-order valence-corrected chi connectivity index (χ1v) is 5.53. The third-order valence-corrected chi connectivity index (χ3v) is 2.97. The normalized spacial score (nSPS) is 21.8. The van der Waals surface area contributed by atoms with Crippen molar-refractivity contribution in [3.8, 4) is 0 Å². The van der Waals surface area contributed by atoms with Crippen molar-refractivity contribution in [2.45, 2.75) is 52.0 Å². The predicted octanol–water partition coefficient (Wildman–Crippen LogP) is 2.23. The number of carbonyl (C=O) groups excluding carboxylic acids is 1. The second kappa shape index (κ2) is 5.38. The molecule has 0 saturated carbocycles. The predicted molar refractivity (Wildman–Crippen MR) is 54.8 cm³/mol. The van der Waals surface area contributed by atoms with Crippen LogP contribution in [-0.2, 0) is 4.79 Å². The van der Waals surface area contributed by atoms with Crippen LogP contribution in [0.15, 0.2) is 0 Å². The van der Waals surface area contributed by atoms with Gasteiger partial charge in [-0.05, 0) is 12.8 Å². The van der Waals surface area contributed by atoms with E-state index in [1.165, 1.54) is 19.3 Å². The minimum atomic E-state index is 0.447. The molecule has 2 heteroatoms. The lowest BCUT2D eigenvalue weighted by atomic mass is 10.0. The van der Waals surface area contributed by atoms with Gasteiger partial charge in [-0.3, -0.25) is 9.69 Å². The molecular weight excluding hydrogens is 162 g/mol. The van der Waals surface area contributed by atoms with E-state index in [4.69, 9.17) is 0 Å². The van der Waals surface area contributed by atoms with Gasteiger partial charge >= 0.3 is 0 Å². The van der Waals surface area contributed by atoms with Crippen molar-refractivity contribution in [1.29, 1.82) is 0 Å². The summed E-state index contributed by atoms with van der Waals surface area (Å²) >= 11 is 0. The number of rotatable bonds is 4. The lowest BCUT2D eigenvalue weighted by Crippen LogP contribution is -2.41. The van der Waals surface area contributed by atoms with Crippen molar-refractivity contribution in [1.82, 2.24) is 4.90 Å². The van der Waals surface area contributed by atoms with Gasteiger partial charge in [-0.15, -0.1) is 0 Å². The van der Waals surface area contributed by atoms with Gasteiger partial charge in [-0.1, -0.05) is 20.3 Å². The van der Waals surface area contributed by atoms with Crippen LogP contribution in [0.5, 0.6) is 0 Å². The highest BCUT2D eigenvalue weighted by atomic mass is 16.1. The van der Waals surface area contributed by atoms with Gasteiger partial charge in [-0.2, -0.15) is 0 Å². The molecule has 1 rings (SSSR count). The SMILES string of the molecule is CCCC(CC)N1CCC(=O)CC1. The maximum atomic E-state index is 11.1. The van der Waals surface area contributed by atoms with Crippen LogP contribution in [0.1, 0.15) is 46.0 Å². The fraction of sp³-hybridized carbons (Fsp3) is 0.909. The summed E-state index contributed by atoms with van der Waals surface area (Å²) < 4.78 is 0. The minimum Gasteiger partial charge on any atom is -0.300 e. The first-order valence-electron chi connectivity index (χ1n) is 5.53. The van der Waals surface area contributed by atoms with Crippen molar-refractivity contribution in [2.24, 2.45) is 0 Å². The van der Waals surface area contributed by atoms with E-state index in [1.54, 1.807) is 0 Å². The van der Waals surface area contributed by atoms with E-state index in [-0.39, 0.29) is 0 Å². The van der Waals surface area contributed by atoms with Crippen molar-refractivity contribution in [2.75, 3.05) is 13.1 Å². The number of ketones is 1. The summed E-state index contributed by atoms with van der Waals surface area (Å²) in [5, 5.41) is 0. The zero-order valence-electron chi connectivity index (χ0n) is 8.88. The van der Waals surface area contributed by atoms with Crippen LogP contribution in [0, 0.1) is 0 Å². The van der Waals surface area contributed by atoms with E-state index in [0.29, 0.717) is 5.78 Å². The standard InChI is InChI=1S/C11H21NO/c1-3-5-10(4-2)12-8-6-11(13)7-9-12/h10H,3-9H2,1-2H3. The van der Waals surface area contributed by atoms with E-state index >= 15 is 0 Å². The van der Waals surface area contributed by atoms with Crippen LogP contribution >= 0.6 is 0 Å². The van der Waals surface area contributed by atoms with Crippen molar-refractivity contribution >= 4 is 5.78 Å². The molecule has 0 aromatic carbocycles. The maximum Gasteiger partial charge on any atom is 0.135 e. The number of hydrogen-bond acceptors (Lipinski definition) is 2. The molecule has 0 aliphatic carbocycles. The molecule has 1 aliphatic heterocycles. The van der Waals surface area contributed by atoms with Crippen LogP contribution < -0.4 is 0 Å². The maximum absolute atomic E-state index is 11.1. The molecule has 0 aromatic heterocycles. The molecule has 76 valence electrons. The first-order chi connectivity index (χ1) is 6.27. The molecule has 13 heavy (non-hydrogen) atoms. The van der Waals surface area contributed by atoms with Crippen LogP contribution in [0.25, 0.3) is 0 Å². The smallest absolute Gasteiger partial charge is 0.135 e. The van der Waals surface area contributed by atoms with E-state index in [2.05, 4.69) is 18.7 Å². The van der Waals surface area contributed by atoms with Gasteiger partial charge in [0.2, 0.25) is 0 Å². The fourth-order valence-electron chi connectivity index (χ4n) is 2.12. The topological polar surface area (TPSA) is 20.3 Å².